The van der Waals surface area contributed by atoms with Crippen molar-refractivity contribution in [3.63, 3.8) is 0 Å². The molecule has 0 radical (unpaired) electrons. The molecule has 0 atom stereocenters. The van der Waals surface area contributed by atoms with E-state index in [1.54, 1.807) is 23.6 Å². The summed E-state index contributed by atoms with van der Waals surface area (Å²) in [6.07, 6.45) is 1.53. The highest BCUT2D eigenvalue weighted by Crippen LogP contribution is 2.26. The molecule has 3 rings (SSSR count). The number of anilines is 2. The van der Waals surface area contributed by atoms with Gasteiger partial charge >= 0.3 is 0 Å². The third kappa shape index (κ3) is 4.84. The molecule has 0 aliphatic carbocycles. The monoisotopic (exact) mass is 390 g/mol. The molecule has 0 bridgehead atoms. The molecule has 0 fully saturated rings. The highest BCUT2D eigenvalue weighted by Gasteiger charge is 2.13. The minimum Gasteiger partial charge on any atom is -0.467 e. The van der Waals surface area contributed by atoms with E-state index in [0.717, 1.165) is 0 Å². The Balaban J connectivity index is 1.48. The van der Waals surface area contributed by atoms with Gasteiger partial charge in [0.15, 0.2) is 5.13 Å². The highest BCUT2D eigenvalue weighted by atomic mass is 35.5. The molecule has 1 aromatic carbocycles. The molecule has 134 valence electrons. The second kappa shape index (κ2) is 8.50. The lowest BCUT2D eigenvalue weighted by molar-refractivity contribution is -0.120. The van der Waals surface area contributed by atoms with Crippen molar-refractivity contribution in [2.45, 2.75) is 6.54 Å². The average Bonchev–Trinajstić information content (AvgIpc) is 3.32. The van der Waals surface area contributed by atoms with Gasteiger partial charge in [-0.15, -0.1) is 11.3 Å². The lowest BCUT2D eigenvalue weighted by Gasteiger charge is -2.05. The van der Waals surface area contributed by atoms with Crippen LogP contribution in [0.1, 0.15) is 16.2 Å². The van der Waals surface area contributed by atoms with Crippen LogP contribution >= 0.6 is 22.9 Å². The zero-order chi connectivity index (χ0) is 18.4. The Kier molecular flexibility index (Phi) is 5.88. The molecule has 0 unspecified atom stereocenters. The molecular formula is C17H15ClN4O3S. The summed E-state index contributed by atoms with van der Waals surface area (Å²) in [5.74, 6) is -0.111. The Labute approximate surface area is 158 Å². The van der Waals surface area contributed by atoms with Gasteiger partial charge in [0.05, 0.1) is 30.1 Å². The van der Waals surface area contributed by atoms with Gasteiger partial charge in [-0.2, -0.15) is 0 Å². The van der Waals surface area contributed by atoms with Gasteiger partial charge in [0.2, 0.25) is 5.91 Å². The van der Waals surface area contributed by atoms with Crippen molar-refractivity contribution in [3.8, 4) is 0 Å². The summed E-state index contributed by atoms with van der Waals surface area (Å²) in [5, 5.41) is 10.9. The van der Waals surface area contributed by atoms with Crippen molar-refractivity contribution >= 4 is 45.6 Å². The van der Waals surface area contributed by atoms with E-state index in [4.69, 9.17) is 16.0 Å². The largest absolute Gasteiger partial charge is 0.467 e. The first kappa shape index (κ1) is 18.0. The summed E-state index contributed by atoms with van der Waals surface area (Å²) in [5.41, 5.74) is 0.927. The Hall–Kier alpha value is -2.84. The molecule has 2 heterocycles. The predicted octanol–water partition coefficient (Wildman–Crippen LogP) is 3.18. The van der Waals surface area contributed by atoms with Crippen LogP contribution < -0.4 is 16.0 Å². The molecule has 2 amide bonds. The number of carbonyl (C=O) groups is 2. The summed E-state index contributed by atoms with van der Waals surface area (Å²) in [6, 6.07) is 10.7. The normalized spacial score (nSPS) is 10.3. The lowest BCUT2D eigenvalue weighted by atomic mass is 10.3. The number of para-hydroxylation sites is 1. The van der Waals surface area contributed by atoms with Gasteiger partial charge in [0, 0.05) is 5.38 Å². The molecule has 0 saturated heterocycles. The molecule has 0 spiro atoms. The van der Waals surface area contributed by atoms with Gasteiger partial charge in [-0.1, -0.05) is 23.7 Å². The number of benzene rings is 1. The van der Waals surface area contributed by atoms with E-state index in [1.165, 1.54) is 17.6 Å². The Morgan fingerprint density at radius 1 is 1.15 bits per heavy atom. The molecular weight excluding hydrogens is 376 g/mol. The van der Waals surface area contributed by atoms with Crippen LogP contribution in [0, 0.1) is 0 Å². The minimum absolute atomic E-state index is 0.148. The van der Waals surface area contributed by atoms with E-state index >= 15 is 0 Å². The third-order valence-electron chi connectivity index (χ3n) is 3.30. The number of nitrogens with zero attached hydrogens (tertiary/aromatic N) is 1. The van der Waals surface area contributed by atoms with Crippen LogP contribution in [0.4, 0.5) is 10.8 Å². The number of halogens is 1. The van der Waals surface area contributed by atoms with Crippen LogP contribution in [0.5, 0.6) is 0 Å². The fourth-order valence-electron chi connectivity index (χ4n) is 2.03. The number of rotatable bonds is 7. The Morgan fingerprint density at radius 2 is 2.00 bits per heavy atom. The molecule has 0 aliphatic rings. The van der Waals surface area contributed by atoms with Gasteiger partial charge in [0.1, 0.15) is 11.5 Å². The summed E-state index contributed by atoms with van der Waals surface area (Å²) < 4.78 is 5.11. The van der Waals surface area contributed by atoms with Crippen molar-refractivity contribution in [1.29, 1.82) is 0 Å². The fourth-order valence-corrected chi connectivity index (χ4v) is 2.91. The molecule has 0 aliphatic heterocycles. The van der Waals surface area contributed by atoms with Crippen molar-refractivity contribution in [1.82, 2.24) is 15.6 Å². The van der Waals surface area contributed by atoms with Crippen molar-refractivity contribution in [3.05, 3.63) is 64.5 Å². The highest BCUT2D eigenvalue weighted by molar-refractivity contribution is 7.14. The minimum atomic E-state index is -0.429. The molecule has 0 saturated carbocycles. The maximum absolute atomic E-state index is 12.1. The number of aromatic nitrogens is 1. The molecule has 26 heavy (non-hydrogen) atoms. The summed E-state index contributed by atoms with van der Waals surface area (Å²) in [4.78, 5) is 28.0. The van der Waals surface area contributed by atoms with E-state index in [0.29, 0.717) is 21.6 Å². The Morgan fingerprint density at radius 3 is 2.77 bits per heavy atom. The zero-order valence-electron chi connectivity index (χ0n) is 13.5. The lowest BCUT2D eigenvalue weighted by Crippen LogP contribution is -2.36. The number of carbonyl (C=O) groups excluding carboxylic acids is 2. The first-order chi connectivity index (χ1) is 12.6. The van der Waals surface area contributed by atoms with E-state index in [9.17, 15) is 9.59 Å². The van der Waals surface area contributed by atoms with Gasteiger partial charge in [-0.3, -0.25) is 9.59 Å². The number of nitrogens with one attached hydrogen (secondary N) is 3. The van der Waals surface area contributed by atoms with E-state index < -0.39 is 5.91 Å². The van der Waals surface area contributed by atoms with Gasteiger partial charge in [-0.25, -0.2) is 4.98 Å². The Bertz CT molecular complexity index is 895. The van der Waals surface area contributed by atoms with Gasteiger partial charge in [-0.05, 0) is 24.3 Å². The molecule has 3 aromatic rings. The standard InChI is InChI=1S/C17H15ClN4O3S/c18-12-5-1-2-6-13(12)21-17-22-14(10-26-17)16(24)20-9-15(23)19-8-11-4-3-7-25-11/h1-7,10H,8-9H2,(H,19,23)(H,20,24)(H,21,22). The van der Waals surface area contributed by atoms with E-state index in [-0.39, 0.29) is 24.7 Å². The maximum Gasteiger partial charge on any atom is 0.271 e. The molecule has 7 nitrogen and oxygen atoms in total. The summed E-state index contributed by atoms with van der Waals surface area (Å²) >= 11 is 7.35. The number of hydrogen-bond acceptors (Lipinski definition) is 6. The molecule has 9 heteroatoms. The van der Waals surface area contributed by atoms with Gasteiger partial charge in [0.25, 0.3) is 5.91 Å². The molecule has 3 N–H and O–H groups in total. The van der Waals surface area contributed by atoms with Crippen molar-refractivity contribution in [2.24, 2.45) is 0 Å². The SMILES string of the molecule is O=C(CNC(=O)c1csc(Nc2ccccc2Cl)n1)NCc1ccco1. The predicted molar refractivity (Wildman–Crippen MR) is 99.7 cm³/mol. The summed E-state index contributed by atoms with van der Waals surface area (Å²) in [6.45, 7) is 0.120. The number of thiazole rings is 1. The topological polar surface area (TPSA) is 96.3 Å². The second-order valence-electron chi connectivity index (χ2n) is 5.18. The maximum atomic E-state index is 12.1. The van der Waals surface area contributed by atoms with E-state index in [1.807, 2.05) is 18.2 Å². The van der Waals surface area contributed by atoms with Crippen LogP contribution in [0.2, 0.25) is 5.02 Å². The van der Waals surface area contributed by atoms with Crippen LogP contribution in [-0.4, -0.2) is 23.3 Å². The van der Waals surface area contributed by atoms with Crippen LogP contribution in [0.15, 0.2) is 52.5 Å². The van der Waals surface area contributed by atoms with Gasteiger partial charge < -0.3 is 20.4 Å². The first-order valence-corrected chi connectivity index (χ1v) is 8.92. The quantitative estimate of drug-likeness (QED) is 0.575. The molecule has 2 aromatic heterocycles. The van der Waals surface area contributed by atoms with Crippen LogP contribution in [-0.2, 0) is 11.3 Å². The smallest absolute Gasteiger partial charge is 0.271 e. The fraction of sp³-hybridized carbons (Fsp3) is 0.118. The van der Waals surface area contributed by atoms with Crippen LogP contribution in [0.25, 0.3) is 0 Å². The first-order valence-electron chi connectivity index (χ1n) is 7.66. The third-order valence-corrected chi connectivity index (χ3v) is 4.39. The van der Waals surface area contributed by atoms with Crippen molar-refractivity contribution < 1.29 is 14.0 Å². The second-order valence-corrected chi connectivity index (χ2v) is 6.45. The average molecular weight is 391 g/mol. The number of amides is 2. The van der Waals surface area contributed by atoms with Crippen LogP contribution in [0.3, 0.4) is 0 Å². The number of hydrogen-bond donors (Lipinski definition) is 3. The summed E-state index contributed by atoms with van der Waals surface area (Å²) in [7, 11) is 0. The van der Waals surface area contributed by atoms with E-state index in [2.05, 4.69) is 20.9 Å². The number of furan rings is 1. The van der Waals surface area contributed by atoms with Crippen molar-refractivity contribution in [2.75, 3.05) is 11.9 Å². The zero-order valence-corrected chi connectivity index (χ0v) is 15.1.